The van der Waals surface area contributed by atoms with E-state index >= 15 is 0 Å². The van der Waals surface area contributed by atoms with Crippen molar-refractivity contribution < 1.29 is 14.1 Å². The van der Waals surface area contributed by atoms with E-state index in [1.54, 1.807) is 12.1 Å². The van der Waals surface area contributed by atoms with E-state index in [0.29, 0.717) is 12.2 Å². The monoisotopic (exact) mass is 292 g/mol. The first-order valence-corrected chi connectivity index (χ1v) is 6.77. The van der Waals surface area contributed by atoms with Gasteiger partial charge in [0.05, 0.1) is 17.1 Å². The number of nitrogens with one attached hydrogen (secondary N) is 1. The second-order valence-corrected chi connectivity index (χ2v) is 4.96. The van der Waals surface area contributed by atoms with Crippen molar-refractivity contribution in [2.45, 2.75) is 31.5 Å². The fraction of sp³-hybridized carbons (Fsp3) is 0.462. The number of non-ortho nitro benzene ring substituents is 1. The van der Waals surface area contributed by atoms with Crippen molar-refractivity contribution in [2.75, 3.05) is 11.9 Å². The van der Waals surface area contributed by atoms with E-state index in [2.05, 4.69) is 10.3 Å². The summed E-state index contributed by atoms with van der Waals surface area (Å²) in [6.07, 6.45) is 0.779. The van der Waals surface area contributed by atoms with E-state index in [0.717, 1.165) is 6.42 Å². The first kappa shape index (κ1) is 13.8. The molecule has 1 aliphatic rings. The van der Waals surface area contributed by atoms with Crippen LogP contribution in [0, 0.1) is 10.1 Å². The summed E-state index contributed by atoms with van der Waals surface area (Å²) in [7, 11) is 0. The zero-order valence-corrected chi connectivity index (χ0v) is 11.5. The largest absolute Gasteiger partial charge is 0.423 e. The molecule has 1 fully saturated rings. The van der Waals surface area contributed by atoms with Gasteiger partial charge in [-0.15, -0.1) is 0 Å². The summed E-state index contributed by atoms with van der Waals surface area (Å²) < 4.78 is 11.1. The van der Waals surface area contributed by atoms with Crippen LogP contribution in [-0.2, 0) is 4.74 Å². The Hall–Kier alpha value is -2.19. The van der Waals surface area contributed by atoms with Crippen molar-refractivity contribution in [3.8, 4) is 0 Å². The number of para-hydroxylation sites is 1. The fourth-order valence-electron chi connectivity index (χ4n) is 2.51. The number of ether oxygens (including phenoxy) is 1. The van der Waals surface area contributed by atoms with Crippen LogP contribution in [0.5, 0.6) is 0 Å². The highest BCUT2D eigenvalue weighted by molar-refractivity contribution is 5.84. The Labute approximate surface area is 120 Å². The molecule has 0 spiro atoms. The van der Waals surface area contributed by atoms with Crippen LogP contribution >= 0.6 is 0 Å². The number of nitrogens with zero attached hydrogens (tertiary/aromatic N) is 2. The topological polar surface area (TPSA) is 116 Å². The summed E-state index contributed by atoms with van der Waals surface area (Å²) in [5, 5.41) is 14.0. The molecule has 3 unspecified atom stereocenters. The number of anilines is 1. The number of nitro groups is 1. The lowest BCUT2D eigenvalue weighted by molar-refractivity contribution is -0.383. The molecular formula is C13H16N4O4. The van der Waals surface area contributed by atoms with Gasteiger partial charge in [0.2, 0.25) is 0 Å². The highest BCUT2D eigenvalue weighted by atomic mass is 16.6. The third-order valence-electron chi connectivity index (χ3n) is 3.63. The molecular weight excluding hydrogens is 276 g/mol. The van der Waals surface area contributed by atoms with E-state index in [4.69, 9.17) is 14.9 Å². The van der Waals surface area contributed by atoms with Crippen molar-refractivity contribution in [2.24, 2.45) is 5.73 Å². The molecule has 0 radical (unpaired) electrons. The maximum atomic E-state index is 11.0. The smallest absolute Gasteiger partial charge is 0.298 e. The highest BCUT2D eigenvalue weighted by Crippen LogP contribution is 2.30. The van der Waals surface area contributed by atoms with Gasteiger partial charge in [0.15, 0.2) is 11.1 Å². The Balaban J connectivity index is 1.85. The molecule has 0 bridgehead atoms. The van der Waals surface area contributed by atoms with E-state index in [-0.39, 0.29) is 35.4 Å². The van der Waals surface area contributed by atoms with Gasteiger partial charge in [-0.3, -0.25) is 10.1 Å². The van der Waals surface area contributed by atoms with E-state index in [1.807, 2.05) is 6.92 Å². The lowest BCUT2D eigenvalue weighted by Gasteiger charge is -2.41. The molecule has 1 aliphatic carbocycles. The Bertz CT molecular complexity index is 669. The number of hydrogen-bond acceptors (Lipinski definition) is 7. The van der Waals surface area contributed by atoms with E-state index in [9.17, 15) is 10.1 Å². The first-order valence-electron chi connectivity index (χ1n) is 6.77. The van der Waals surface area contributed by atoms with Crippen molar-refractivity contribution in [3.05, 3.63) is 28.3 Å². The predicted octanol–water partition coefficient (Wildman–Crippen LogP) is 1.65. The molecule has 8 heteroatoms. The molecule has 0 amide bonds. The average Bonchev–Trinajstić information content (AvgIpc) is 2.87. The van der Waals surface area contributed by atoms with Gasteiger partial charge >= 0.3 is 0 Å². The molecule has 21 heavy (non-hydrogen) atoms. The number of rotatable bonds is 5. The quantitative estimate of drug-likeness (QED) is 0.635. The summed E-state index contributed by atoms with van der Waals surface area (Å²) in [6.45, 7) is 2.53. The summed E-state index contributed by atoms with van der Waals surface area (Å²) in [5.74, 6) is 0. The van der Waals surface area contributed by atoms with Crippen LogP contribution in [0.15, 0.2) is 22.6 Å². The van der Waals surface area contributed by atoms with Crippen molar-refractivity contribution in [1.82, 2.24) is 4.98 Å². The molecule has 8 nitrogen and oxygen atoms in total. The Morgan fingerprint density at radius 3 is 3.10 bits per heavy atom. The van der Waals surface area contributed by atoms with Crippen LogP contribution in [0.1, 0.15) is 13.3 Å². The molecule has 1 aromatic heterocycles. The molecule has 112 valence electrons. The second kappa shape index (κ2) is 5.30. The molecule has 2 aromatic rings. The lowest BCUT2D eigenvalue weighted by atomic mass is 9.83. The van der Waals surface area contributed by atoms with Crippen LogP contribution in [0.25, 0.3) is 11.1 Å². The second-order valence-electron chi connectivity index (χ2n) is 4.96. The number of aromatic nitrogens is 1. The van der Waals surface area contributed by atoms with Gasteiger partial charge in [0.25, 0.3) is 11.7 Å². The fourth-order valence-corrected chi connectivity index (χ4v) is 2.51. The highest BCUT2D eigenvalue weighted by Gasteiger charge is 2.40. The van der Waals surface area contributed by atoms with Gasteiger partial charge in [0, 0.05) is 18.7 Å². The molecule has 1 saturated carbocycles. The maximum absolute atomic E-state index is 11.0. The molecule has 1 aromatic carbocycles. The molecule has 3 rings (SSSR count). The van der Waals surface area contributed by atoms with Crippen LogP contribution in [0.4, 0.5) is 11.7 Å². The number of nitrogens with two attached hydrogens (primary N) is 1. The summed E-state index contributed by atoms with van der Waals surface area (Å²) >= 11 is 0. The van der Waals surface area contributed by atoms with Gasteiger partial charge < -0.3 is 20.2 Å². The van der Waals surface area contributed by atoms with Crippen LogP contribution < -0.4 is 11.1 Å². The molecule has 3 atom stereocenters. The Morgan fingerprint density at radius 1 is 1.62 bits per heavy atom. The van der Waals surface area contributed by atoms with Crippen molar-refractivity contribution >= 4 is 22.8 Å². The number of benzene rings is 1. The molecule has 0 aliphatic heterocycles. The standard InChI is InChI=1S/C13H16N4O4/c1-2-20-10-6-7(14)11(10)15-13-16-12-8(17(18)19)4-3-5-9(12)21-13/h3-5,7,10-11H,2,6,14H2,1H3,(H,15,16). The van der Waals surface area contributed by atoms with Crippen LogP contribution in [0.2, 0.25) is 0 Å². The number of nitro benzene ring substituents is 1. The normalized spacial score (nSPS) is 24.8. The van der Waals surface area contributed by atoms with Gasteiger partial charge in [-0.05, 0) is 19.4 Å². The SMILES string of the molecule is CCOC1CC(N)C1Nc1nc2c([N+](=O)[O-])cccc2o1. The minimum Gasteiger partial charge on any atom is -0.423 e. The van der Waals surface area contributed by atoms with E-state index in [1.165, 1.54) is 6.07 Å². The first-order chi connectivity index (χ1) is 10.1. The minimum atomic E-state index is -0.479. The maximum Gasteiger partial charge on any atom is 0.298 e. The summed E-state index contributed by atoms with van der Waals surface area (Å²) in [4.78, 5) is 14.6. The van der Waals surface area contributed by atoms with Gasteiger partial charge in [0.1, 0.15) is 0 Å². The van der Waals surface area contributed by atoms with Crippen LogP contribution in [0.3, 0.4) is 0 Å². The molecule has 3 N–H and O–H groups in total. The average molecular weight is 292 g/mol. The minimum absolute atomic E-state index is 0.00926. The zero-order chi connectivity index (χ0) is 15.0. The number of fused-ring (bicyclic) bond motifs is 1. The Kier molecular flexibility index (Phi) is 3.48. The molecule has 1 heterocycles. The van der Waals surface area contributed by atoms with Crippen molar-refractivity contribution in [3.63, 3.8) is 0 Å². The summed E-state index contributed by atoms with van der Waals surface area (Å²) in [5.41, 5.74) is 6.46. The van der Waals surface area contributed by atoms with Gasteiger partial charge in [-0.2, -0.15) is 4.98 Å². The molecule has 0 saturated heterocycles. The van der Waals surface area contributed by atoms with Crippen molar-refractivity contribution in [1.29, 1.82) is 0 Å². The number of hydrogen-bond donors (Lipinski definition) is 2. The number of oxazole rings is 1. The zero-order valence-electron chi connectivity index (χ0n) is 11.5. The summed E-state index contributed by atoms with van der Waals surface area (Å²) in [6, 6.07) is 4.68. The Morgan fingerprint density at radius 2 is 2.43 bits per heavy atom. The third kappa shape index (κ3) is 2.43. The van der Waals surface area contributed by atoms with Gasteiger partial charge in [-0.25, -0.2) is 0 Å². The van der Waals surface area contributed by atoms with E-state index < -0.39 is 4.92 Å². The predicted molar refractivity (Wildman–Crippen MR) is 76.1 cm³/mol. The lowest BCUT2D eigenvalue weighted by Crippen LogP contribution is -2.60. The van der Waals surface area contributed by atoms with Crippen LogP contribution in [-0.4, -0.2) is 34.7 Å². The van der Waals surface area contributed by atoms with Gasteiger partial charge in [-0.1, -0.05) is 6.07 Å². The third-order valence-corrected chi connectivity index (χ3v) is 3.63.